The van der Waals surface area contributed by atoms with Crippen LogP contribution < -0.4 is 0 Å². The minimum absolute atomic E-state index is 0.0708. The van der Waals surface area contributed by atoms with Gasteiger partial charge in [-0.15, -0.1) is 0 Å². The number of unbranched alkanes of at least 4 members (excludes halogenated alkanes) is 31. The summed E-state index contributed by atoms with van der Waals surface area (Å²) in [5.74, 6) is -0.868. The van der Waals surface area contributed by atoms with Crippen LogP contribution in [0.4, 0.5) is 0 Å². The number of ether oxygens (including phenoxy) is 3. The number of rotatable bonds is 48. The summed E-state index contributed by atoms with van der Waals surface area (Å²) >= 11 is 0. The summed E-state index contributed by atoms with van der Waals surface area (Å²) in [6, 6.07) is 0. The summed E-state index contributed by atoms with van der Waals surface area (Å²) in [7, 11) is 0. The Kier molecular flexibility index (Phi) is 48.3. The fraction of sp³-hybridized carbons (Fsp3) is 0.836. The van der Waals surface area contributed by atoms with Crippen molar-refractivity contribution in [1.82, 2.24) is 0 Å². The predicted molar refractivity (Wildman–Crippen MR) is 261 cm³/mol. The third-order valence-corrected chi connectivity index (χ3v) is 11.7. The van der Waals surface area contributed by atoms with E-state index in [0.29, 0.717) is 19.3 Å². The molecule has 0 bridgehead atoms. The fourth-order valence-corrected chi connectivity index (χ4v) is 7.69. The normalized spacial score (nSPS) is 12.2. The molecule has 0 fully saturated rings. The van der Waals surface area contributed by atoms with Crippen molar-refractivity contribution in [2.24, 2.45) is 0 Å². The predicted octanol–water partition coefficient (Wildman–Crippen LogP) is 17.3. The quantitative estimate of drug-likeness (QED) is 0.0262. The molecule has 0 aromatic heterocycles. The van der Waals surface area contributed by atoms with Crippen molar-refractivity contribution in [2.45, 2.75) is 284 Å². The summed E-state index contributed by atoms with van der Waals surface area (Å²) < 4.78 is 16.8. The molecule has 0 saturated heterocycles. The Morgan fingerprint density at radius 1 is 0.344 bits per heavy atom. The molecule has 1 atom stereocenters. The van der Waals surface area contributed by atoms with Gasteiger partial charge in [-0.05, 0) is 51.4 Å². The highest BCUT2D eigenvalue weighted by Crippen LogP contribution is 2.16. The Labute approximate surface area is 378 Å². The lowest BCUT2D eigenvalue weighted by atomic mass is 10.0. The van der Waals surface area contributed by atoms with Crippen LogP contribution in [0.2, 0.25) is 0 Å². The molecule has 0 aromatic rings. The van der Waals surface area contributed by atoms with Crippen molar-refractivity contribution in [3.63, 3.8) is 0 Å². The number of allylic oxidation sites excluding steroid dienone is 6. The van der Waals surface area contributed by atoms with Crippen molar-refractivity contribution >= 4 is 17.9 Å². The average Bonchev–Trinajstić information content (AvgIpc) is 3.26. The standard InChI is InChI=1S/C55H100O6/c1-4-7-10-13-16-19-22-25-27-28-29-31-33-36-39-42-45-48-54(57)60-51-52(50-59-53(56)47-44-41-38-35-32-24-21-18-15-12-9-6-3)61-55(58)49-46-43-40-37-34-30-26-23-20-17-14-11-8-5-2/h7,10,16,19,25,27,52H,4-6,8-9,11-15,17-18,20-24,26,28-51H2,1-3H3/b10-7-,19-16-,27-25-. The molecule has 61 heavy (non-hydrogen) atoms. The van der Waals surface area contributed by atoms with Gasteiger partial charge in [0.1, 0.15) is 13.2 Å². The summed E-state index contributed by atoms with van der Waals surface area (Å²) in [5, 5.41) is 0. The van der Waals surface area contributed by atoms with Crippen LogP contribution in [0.3, 0.4) is 0 Å². The Morgan fingerprint density at radius 2 is 0.639 bits per heavy atom. The number of hydrogen-bond donors (Lipinski definition) is 0. The lowest BCUT2D eigenvalue weighted by molar-refractivity contribution is -0.167. The van der Waals surface area contributed by atoms with Crippen LogP contribution in [-0.4, -0.2) is 37.2 Å². The van der Waals surface area contributed by atoms with Crippen LogP contribution in [0.25, 0.3) is 0 Å². The SMILES string of the molecule is CC/C=C\C/C=C\C/C=C\CCCCCCCCCC(=O)OCC(COC(=O)CCCCCCCCCCCCCC)OC(=O)CCCCCCCCCCCCCCCC. The molecule has 0 amide bonds. The van der Waals surface area contributed by atoms with Crippen molar-refractivity contribution < 1.29 is 28.6 Å². The van der Waals surface area contributed by atoms with Crippen molar-refractivity contribution in [3.8, 4) is 0 Å². The first kappa shape index (κ1) is 58.6. The molecule has 6 nitrogen and oxygen atoms in total. The second kappa shape index (κ2) is 50.3. The third kappa shape index (κ3) is 48.5. The van der Waals surface area contributed by atoms with Gasteiger partial charge in [-0.3, -0.25) is 14.4 Å². The first-order valence-electron chi connectivity index (χ1n) is 26.5. The maximum atomic E-state index is 12.8. The number of esters is 3. The molecular formula is C55H100O6. The molecule has 1 unspecified atom stereocenters. The molecule has 0 aliphatic rings. The molecule has 0 aromatic carbocycles. The highest BCUT2D eigenvalue weighted by molar-refractivity contribution is 5.71. The lowest BCUT2D eigenvalue weighted by Crippen LogP contribution is -2.30. The maximum Gasteiger partial charge on any atom is 0.306 e. The van der Waals surface area contributed by atoms with Gasteiger partial charge in [-0.2, -0.15) is 0 Å². The number of hydrogen-bond acceptors (Lipinski definition) is 6. The number of carbonyl (C=O) groups is 3. The Morgan fingerprint density at radius 3 is 1.00 bits per heavy atom. The lowest BCUT2D eigenvalue weighted by Gasteiger charge is -2.18. The van der Waals surface area contributed by atoms with E-state index in [2.05, 4.69) is 57.2 Å². The minimum atomic E-state index is -0.770. The van der Waals surface area contributed by atoms with Gasteiger partial charge in [0, 0.05) is 19.3 Å². The van der Waals surface area contributed by atoms with Gasteiger partial charge in [0.2, 0.25) is 0 Å². The van der Waals surface area contributed by atoms with Gasteiger partial charge in [0.15, 0.2) is 6.10 Å². The first-order valence-corrected chi connectivity index (χ1v) is 26.5. The first-order chi connectivity index (χ1) is 30.0. The van der Waals surface area contributed by atoms with Crippen molar-refractivity contribution in [3.05, 3.63) is 36.5 Å². The monoisotopic (exact) mass is 857 g/mol. The molecule has 0 saturated carbocycles. The zero-order valence-corrected chi connectivity index (χ0v) is 40.7. The summed E-state index contributed by atoms with van der Waals surface area (Å²) in [5.41, 5.74) is 0. The highest BCUT2D eigenvalue weighted by atomic mass is 16.6. The molecule has 0 aliphatic heterocycles. The molecule has 0 heterocycles. The van der Waals surface area contributed by atoms with Crippen LogP contribution in [0, 0.1) is 0 Å². The number of carbonyl (C=O) groups excluding carboxylic acids is 3. The highest BCUT2D eigenvalue weighted by Gasteiger charge is 2.19. The summed E-state index contributed by atoms with van der Waals surface area (Å²) in [6.07, 6.45) is 58.4. The summed E-state index contributed by atoms with van der Waals surface area (Å²) in [4.78, 5) is 38.0. The topological polar surface area (TPSA) is 78.9 Å². The van der Waals surface area contributed by atoms with E-state index in [1.165, 1.54) is 154 Å². The average molecular weight is 857 g/mol. The molecule has 356 valence electrons. The molecule has 0 N–H and O–H groups in total. The summed E-state index contributed by atoms with van der Waals surface area (Å²) in [6.45, 7) is 6.54. The molecular weight excluding hydrogens is 757 g/mol. The van der Waals surface area contributed by atoms with Crippen molar-refractivity contribution in [2.75, 3.05) is 13.2 Å². The van der Waals surface area contributed by atoms with Crippen LogP contribution in [0.1, 0.15) is 278 Å². The van der Waals surface area contributed by atoms with Gasteiger partial charge < -0.3 is 14.2 Å². The Hall–Kier alpha value is -2.37. The minimum Gasteiger partial charge on any atom is -0.462 e. The van der Waals surface area contributed by atoms with E-state index in [0.717, 1.165) is 83.5 Å². The Balaban J connectivity index is 4.34. The zero-order chi connectivity index (χ0) is 44.4. The second-order valence-electron chi connectivity index (χ2n) is 17.8. The van der Waals surface area contributed by atoms with Crippen LogP contribution in [-0.2, 0) is 28.6 Å². The van der Waals surface area contributed by atoms with E-state index >= 15 is 0 Å². The van der Waals surface area contributed by atoms with E-state index in [-0.39, 0.29) is 31.1 Å². The second-order valence-corrected chi connectivity index (χ2v) is 17.8. The third-order valence-electron chi connectivity index (χ3n) is 11.7. The molecule has 0 aliphatic carbocycles. The van der Waals surface area contributed by atoms with E-state index in [1.807, 2.05) is 0 Å². The molecule has 6 heteroatoms. The largest absolute Gasteiger partial charge is 0.462 e. The van der Waals surface area contributed by atoms with E-state index in [9.17, 15) is 14.4 Å². The van der Waals surface area contributed by atoms with E-state index in [1.54, 1.807) is 0 Å². The zero-order valence-electron chi connectivity index (χ0n) is 40.7. The van der Waals surface area contributed by atoms with Crippen LogP contribution >= 0.6 is 0 Å². The van der Waals surface area contributed by atoms with Gasteiger partial charge in [0.25, 0.3) is 0 Å². The van der Waals surface area contributed by atoms with E-state index in [4.69, 9.17) is 14.2 Å². The van der Waals surface area contributed by atoms with Gasteiger partial charge >= 0.3 is 17.9 Å². The Bertz CT molecular complexity index is 1030. The van der Waals surface area contributed by atoms with Gasteiger partial charge in [-0.1, -0.05) is 243 Å². The molecule has 0 rings (SSSR count). The maximum absolute atomic E-state index is 12.8. The molecule has 0 spiro atoms. The van der Waals surface area contributed by atoms with Crippen molar-refractivity contribution in [1.29, 1.82) is 0 Å². The van der Waals surface area contributed by atoms with Gasteiger partial charge in [0.05, 0.1) is 0 Å². The smallest absolute Gasteiger partial charge is 0.306 e. The van der Waals surface area contributed by atoms with E-state index < -0.39 is 6.10 Å². The van der Waals surface area contributed by atoms with Crippen LogP contribution in [0.5, 0.6) is 0 Å². The molecule has 0 radical (unpaired) electrons. The fourth-order valence-electron chi connectivity index (χ4n) is 7.69. The van der Waals surface area contributed by atoms with Gasteiger partial charge in [-0.25, -0.2) is 0 Å². The van der Waals surface area contributed by atoms with Crippen LogP contribution in [0.15, 0.2) is 36.5 Å².